The van der Waals surface area contributed by atoms with Crippen LogP contribution in [0.5, 0.6) is 5.75 Å². The Morgan fingerprint density at radius 2 is 1.07 bits per heavy atom. The number of hydrogen-bond donors (Lipinski definition) is 0. The van der Waals surface area contributed by atoms with E-state index in [2.05, 4.69) is 4.74 Å². The molecule has 0 aliphatic heterocycles. The van der Waals surface area contributed by atoms with Crippen molar-refractivity contribution in [2.75, 3.05) is 0 Å². The van der Waals surface area contributed by atoms with Gasteiger partial charge < -0.3 is 4.74 Å². The molecule has 0 aliphatic carbocycles. The predicted octanol–water partition coefficient (Wildman–Crippen LogP) is 6.50. The Morgan fingerprint density at radius 1 is 0.655 bits per heavy atom. The van der Waals surface area contributed by atoms with Crippen molar-refractivity contribution in [1.29, 1.82) is 0 Å². The Morgan fingerprint density at radius 3 is 1.41 bits per heavy atom. The molecule has 1 nitrogen and oxygen atoms in total. The van der Waals surface area contributed by atoms with E-state index in [1.807, 2.05) is 0 Å². The molecule has 1 aromatic rings. The van der Waals surface area contributed by atoms with Gasteiger partial charge in [0.05, 0.1) is 0 Å². The van der Waals surface area contributed by atoms with Gasteiger partial charge in [0.1, 0.15) is 5.75 Å². The summed E-state index contributed by atoms with van der Waals surface area (Å²) in [7, 11) is 0. The number of ether oxygens (including phenoxy) is 1. The third kappa shape index (κ3) is 3.58. The summed E-state index contributed by atoms with van der Waals surface area (Å²) in [5.74, 6) is -47.5. The summed E-state index contributed by atoms with van der Waals surface area (Å²) in [5.41, 5.74) is 0. The quantitative estimate of drug-likeness (QED) is 0.366. The topological polar surface area (TPSA) is 9.23 Å². The highest BCUT2D eigenvalue weighted by Gasteiger charge is 2.92. The average molecular weight is 482 g/mol. The summed E-state index contributed by atoms with van der Waals surface area (Å²) in [6, 6.07) is 0.621. The van der Waals surface area contributed by atoms with Crippen LogP contribution >= 0.6 is 11.3 Å². The monoisotopic (exact) mass is 482 g/mol. The third-order valence-electron chi connectivity index (χ3n) is 3.31. The Kier molecular flexibility index (Phi) is 6.41. The van der Waals surface area contributed by atoms with E-state index < -0.39 is 54.1 Å². The molecular formula is C12H5F15OS. The van der Waals surface area contributed by atoms with Crippen LogP contribution in [0.15, 0.2) is 16.8 Å². The van der Waals surface area contributed by atoms with Crippen LogP contribution < -0.4 is 4.74 Å². The van der Waals surface area contributed by atoms with Crippen molar-refractivity contribution >= 4 is 11.3 Å². The molecule has 1 rings (SSSR count). The van der Waals surface area contributed by atoms with Gasteiger partial charge in [0.2, 0.25) is 0 Å². The van der Waals surface area contributed by atoms with Gasteiger partial charge in [-0.2, -0.15) is 57.1 Å². The molecule has 1 atom stereocenters. The van der Waals surface area contributed by atoms with Gasteiger partial charge in [-0.3, -0.25) is 0 Å². The summed E-state index contributed by atoms with van der Waals surface area (Å²) in [6.07, 6.45) is -10.7. The molecule has 0 bridgehead atoms. The molecule has 0 saturated carbocycles. The minimum Gasteiger partial charge on any atom is -0.453 e. The van der Waals surface area contributed by atoms with Crippen LogP contribution in [0.4, 0.5) is 65.9 Å². The number of hydrogen-bond acceptors (Lipinski definition) is 2. The first-order valence-electron chi connectivity index (χ1n) is 6.57. The Labute approximate surface area is 154 Å². The fourth-order valence-corrected chi connectivity index (χ4v) is 2.16. The maximum Gasteiger partial charge on any atom is 0.385 e. The van der Waals surface area contributed by atoms with Crippen molar-refractivity contribution in [1.82, 2.24) is 0 Å². The van der Waals surface area contributed by atoms with Crippen LogP contribution in [0.2, 0.25) is 0 Å². The Bertz CT molecular complexity index is 683. The molecule has 1 aromatic heterocycles. The molecule has 0 N–H and O–H groups in total. The SMILES string of the molecule is FC(F)C(F)(F)C(F)(F)C(F)(F)C(F)(F)C(F)(F)C(F)(F)C(F)Oc1ccsc1. The standard InChI is InChI=1S/C12H5F15OS/c13-5(14)7(16,17)9(20,21)11(24,25)12(26,27)10(22,23)8(18,19)6(15)28-4-1-2-29-3-4/h1-3,5-6H. The van der Waals surface area contributed by atoms with Crippen molar-refractivity contribution in [2.45, 2.75) is 48.3 Å². The fraction of sp³-hybridized carbons (Fsp3) is 0.667. The summed E-state index contributed by atoms with van der Waals surface area (Å²) in [6.45, 7) is 0. The van der Waals surface area contributed by atoms with Crippen molar-refractivity contribution in [3.63, 3.8) is 0 Å². The van der Waals surface area contributed by atoms with Gasteiger partial charge >= 0.3 is 48.3 Å². The number of rotatable bonds is 9. The van der Waals surface area contributed by atoms with Gasteiger partial charge in [-0.25, -0.2) is 8.78 Å². The van der Waals surface area contributed by atoms with Crippen LogP contribution in [0.25, 0.3) is 0 Å². The zero-order chi connectivity index (χ0) is 23.3. The normalized spacial score (nSPS) is 16.3. The summed E-state index contributed by atoms with van der Waals surface area (Å²) >= 11 is 0.573. The second kappa shape index (κ2) is 7.30. The van der Waals surface area contributed by atoms with E-state index in [0.29, 0.717) is 22.8 Å². The summed E-state index contributed by atoms with van der Waals surface area (Å²) in [5, 5.41) is 1.61. The van der Waals surface area contributed by atoms with E-state index >= 15 is 0 Å². The Hall–Kier alpha value is -1.55. The van der Waals surface area contributed by atoms with Crippen molar-refractivity contribution in [2.24, 2.45) is 0 Å². The van der Waals surface area contributed by atoms with E-state index in [9.17, 15) is 65.9 Å². The molecule has 29 heavy (non-hydrogen) atoms. The highest BCUT2D eigenvalue weighted by molar-refractivity contribution is 7.08. The maximum atomic E-state index is 13.4. The van der Waals surface area contributed by atoms with Gasteiger partial charge in [-0.1, -0.05) is 0 Å². The fourth-order valence-electron chi connectivity index (χ4n) is 1.61. The average Bonchev–Trinajstić information content (AvgIpc) is 3.06. The van der Waals surface area contributed by atoms with Gasteiger partial charge in [-0.05, 0) is 11.4 Å². The van der Waals surface area contributed by atoms with E-state index in [1.165, 1.54) is 0 Å². The zero-order valence-electron chi connectivity index (χ0n) is 12.9. The van der Waals surface area contributed by atoms with E-state index in [4.69, 9.17) is 0 Å². The lowest BCUT2D eigenvalue weighted by molar-refractivity contribution is -0.440. The minimum absolute atomic E-state index is 0.573. The highest BCUT2D eigenvalue weighted by atomic mass is 32.1. The lowest BCUT2D eigenvalue weighted by Crippen LogP contribution is -2.72. The van der Waals surface area contributed by atoms with Gasteiger partial charge in [0, 0.05) is 5.38 Å². The predicted molar refractivity (Wildman–Crippen MR) is 65.5 cm³/mol. The van der Waals surface area contributed by atoms with Crippen molar-refractivity contribution in [3.05, 3.63) is 16.8 Å². The molecule has 0 amide bonds. The molecule has 1 heterocycles. The molecule has 0 radical (unpaired) electrons. The lowest BCUT2D eigenvalue weighted by atomic mass is 9.91. The minimum atomic E-state index is -8.20. The van der Waals surface area contributed by atoms with Crippen LogP contribution in [-0.4, -0.2) is 48.3 Å². The van der Waals surface area contributed by atoms with Crippen LogP contribution in [0.3, 0.4) is 0 Å². The molecule has 0 aliphatic rings. The van der Waals surface area contributed by atoms with Crippen LogP contribution in [0.1, 0.15) is 0 Å². The van der Waals surface area contributed by atoms with Crippen molar-refractivity contribution in [3.8, 4) is 5.75 Å². The molecule has 1 unspecified atom stereocenters. The number of halogens is 15. The summed E-state index contributed by atoms with van der Waals surface area (Å²) < 4.78 is 199. The maximum absolute atomic E-state index is 13.4. The smallest absolute Gasteiger partial charge is 0.385 e. The second-order valence-corrected chi connectivity index (χ2v) is 6.02. The van der Waals surface area contributed by atoms with Gasteiger partial charge in [-0.15, -0.1) is 11.3 Å². The molecule has 0 spiro atoms. The third-order valence-corrected chi connectivity index (χ3v) is 3.98. The zero-order valence-corrected chi connectivity index (χ0v) is 13.7. The first-order valence-corrected chi connectivity index (χ1v) is 7.51. The molecule has 0 fully saturated rings. The molecular weight excluding hydrogens is 477 g/mol. The highest BCUT2D eigenvalue weighted by Crippen LogP contribution is 2.61. The number of alkyl halides is 15. The first-order chi connectivity index (χ1) is 12.7. The summed E-state index contributed by atoms with van der Waals surface area (Å²) in [4.78, 5) is 0. The second-order valence-electron chi connectivity index (χ2n) is 5.24. The van der Waals surface area contributed by atoms with E-state index in [1.54, 1.807) is 0 Å². The molecule has 17 heteroatoms. The van der Waals surface area contributed by atoms with Crippen molar-refractivity contribution < 1.29 is 70.6 Å². The van der Waals surface area contributed by atoms with E-state index in [0.717, 1.165) is 5.38 Å². The largest absolute Gasteiger partial charge is 0.453 e. The van der Waals surface area contributed by atoms with Gasteiger partial charge in [0.15, 0.2) is 0 Å². The van der Waals surface area contributed by atoms with E-state index in [-0.39, 0.29) is 0 Å². The number of thiophene rings is 1. The Balaban J connectivity index is 3.42. The molecule has 0 aromatic carbocycles. The molecule has 170 valence electrons. The van der Waals surface area contributed by atoms with Crippen LogP contribution in [0, 0.1) is 0 Å². The first kappa shape index (κ1) is 25.5. The van der Waals surface area contributed by atoms with Gasteiger partial charge in [0.25, 0.3) is 0 Å². The van der Waals surface area contributed by atoms with Crippen LogP contribution in [-0.2, 0) is 0 Å². The lowest BCUT2D eigenvalue weighted by Gasteiger charge is -2.41. The molecule has 0 saturated heterocycles.